The molecule has 31 heavy (non-hydrogen) atoms. The summed E-state index contributed by atoms with van der Waals surface area (Å²) < 4.78 is 47.8. The fourth-order valence-electron chi connectivity index (χ4n) is 3.44. The van der Waals surface area contributed by atoms with Gasteiger partial charge in [0.2, 0.25) is 15.9 Å². The van der Waals surface area contributed by atoms with Gasteiger partial charge in [-0.25, -0.2) is 22.3 Å². The molecule has 1 saturated heterocycles. The molecule has 10 heteroatoms. The maximum atomic E-state index is 14.0. The van der Waals surface area contributed by atoms with E-state index in [1.54, 1.807) is 13.8 Å². The van der Waals surface area contributed by atoms with Crippen LogP contribution in [0.4, 0.5) is 9.18 Å². The quantitative estimate of drug-likeness (QED) is 0.373. The molecule has 0 bridgehead atoms. The number of rotatable bonds is 12. The van der Waals surface area contributed by atoms with Crippen LogP contribution in [0.15, 0.2) is 23.1 Å². The van der Waals surface area contributed by atoms with E-state index in [1.807, 2.05) is 0 Å². The summed E-state index contributed by atoms with van der Waals surface area (Å²) in [7, 11) is -3.84. The molecule has 1 aromatic carbocycles. The molecule has 2 fully saturated rings. The molecule has 2 aliphatic rings. The Morgan fingerprint density at radius 3 is 2.61 bits per heavy atom. The van der Waals surface area contributed by atoms with Crippen LogP contribution in [0.25, 0.3) is 0 Å². The lowest BCUT2D eigenvalue weighted by Gasteiger charge is -2.26. The average molecular weight is 456 g/mol. The lowest BCUT2D eigenvalue weighted by Crippen LogP contribution is -2.43. The monoisotopic (exact) mass is 455 g/mol. The van der Waals surface area contributed by atoms with Crippen molar-refractivity contribution >= 4 is 22.0 Å². The summed E-state index contributed by atoms with van der Waals surface area (Å²) in [6.07, 6.45) is 4.96. The Kier molecular flexibility index (Phi) is 7.20. The van der Waals surface area contributed by atoms with Crippen LogP contribution in [0, 0.1) is 11.7 Å². The fraction of sp³-hybridized carbons (Fsp3) is 0.619. The summed E-state index contributed by atoms with van der Waals surface area (Å²) in [4.78, 5) is 24.1. The molecule has 1 aliphatic heterocycles. The van der Waals surface area contributed by atoms with E-state index in [9.17, 15) is 22.4 Å². The van der Waals surface area contributed by atoms with Crippen molar-refractivity contribution < 1.29 is 27.1 Å². The van der Waals surface area contributed by atoms with E-state index in [-0.39, 0.29) is 29.1 Å². The molecule has 3 rings (SSSR count). The number of nitrogens with zero attached hydrogens (tertiary/aromatic N) is 1. The molecule has 1 aliphatic carbocycles. The van der Waals surface area contributed by atoms with Gasteiger partial charge in [-0.15, -0.1) is 0 Å². The second-order valence-electron chi connectivity index (χ2n) is 8.92. The summed E-state index contributed by atoms with van der Waals surface area (Å²) in [6, 6.07) is 3.22. The van der Waals surface area contributed by atoms with Crippen molar-refractivity contribution in [1.29, 1.82) is 0 Å². The molecule has 1 aromatic rings. The molecule has 0 unspecified atom stereocenters. The van der Waals surface area contributed by atoms with Gasteiger partial charge in [-0.3, -0.25) is 10.1 Å². The Morgan fingerprint density at radius 1 is 1.23 bits per heavy atom. The van der Waals surface area contributed by atoms with Gasteiger partial charge in [0.15, 0.2) is 11.6 Å². The van der Waals surface area contributed by atoms with Gasteiger partial charge in [-0.1, -0.05) is 12.8 Å². The van der Waals surface area contributed by atoms with E-state index < -0.39 is 21.4 Å². The lowest BCUT2D eigenvalue weighted by atomic mass is 9.98. The molecule has 0 aromatic heterocycles. The summed E-state index contributed by atoms with van der Waals surface area (Å²) in [6.45, 7) is 4.57. The van der Waals surface area contributed by atoms with E-state index in [4.69, 9.17) is 4.74 Å². The molecular weight excluding hydrogens is 425 g/mol. The molecular formula is C21H30FN3O5S. The van der Waals surface area contributed by atoms with Gasteiger partial charge in [-0.05, 0) is 57.6 Å². The van der Waals surface area contributed by atoms with Crippen LogP contribution in [0.5, 0.6) is 5.75 Å². The molecule has 1 saturated carbocycles. The highest BCUT2D eigenvalue weighted by atomic mass is 32.2. The predicted molar refractivity (Wildman–Crippen MR) is 113 cm³/mol. The second kappa shape index (κ2) is 9.52. The van der Waals surface area contributed by atoms with Crippen LogP contribution in [0.3, 0.4) is 0 Å². The predicted octanol–water partition coefficient (Wildman–Crippen LogP) is 2.78. The number of carbonyl (C=O) groups excluding carboxylic acids is 2. The first-order valence-corrected chi connectivity index (χ1v) is 12.1. The molecule has 0 radical (unpaired) electrons. The number of ether oxygens (including phenoxy) is 1. The smallest absolute Gasteiger partial charge is 0.324 e. The molecule has 0 spiro atoms. The standard InChI is InChI=1S/C21H30FN3O5S/c1-21(2,10-4-3-5-11-25-13-19(26)23-20(25)27)24-31(28,29)16-8-9-17(22)18(12-16)30-14-15-6-7-15/h8-9,12,15,24H,3-7,10-11,13-14H2,1-2H3,(H,23,26,27). The summed E-state index contributed by atoms with van der Waals surface area (Å²) in [5.74, 6) is -0.483. The third-order valence-electron chi connectivity index (χ3n) is 5.39. The van der Waals surface area contributed by atoms with Crippen molar-refractivity contribution in [2.75, 3.05) is 19.7 Å². The van der Waals surface area contributed by atoms with E-state index in [0.29, 0.717) is 25.5 Å². The number of nitrogens with one attached hydrogen (secondary N) is 2. The number of benzene rings is 1. The summed E-state index contributed by atoms with van der Waals surface area (Å²) in [5, 5.41) is 2.24. The number of sulfonamides is 1. The van der Waals surface area contributed by atoms with Crippen molar-refractivity contribution in [1.82, 2.24) is 14.9 Å². The third kappa shape index (κ3) is 6.90. The lowest BCUT2D eigenvalue weighted by molar-refractivity contribution is -0.118. The molecule has 3 amide bonds. The Bertz CT molecular complexity index is 931. The van der Waals surface area contributed by atoms with Crippen LogP contribution in [-0.4, -0.2) is 50.5 Å². The van der Waals surface area contributed by atoms with Crippen molar-refractivity contribution in [3.05, 3.63) is 24.0 Å². The van der Waals surface area contributed by atoms with Crippen LogP contribution in [0.2, 0.25) is 0 Å². The fourth-order valence-corrected chi connectivity index (χ4v) is 4.89. The van der Waals surface area contributed by atoms with Crippen LogP contribution < -0.4 is 14.8 Å². The highest BCUT2D eigenvalue weighted by molar-refractivity contribution is 7.89. The van der Waals surface area contributed by atoms with Gasteiger partial charge in [0, 0.05) is 18.2 Å². The van der Waals surface area contributed by atoms with Gasteiger partial charge in [-0.2, -0.15) is 0 Å². The Morgan fingerprint density at radius 2 is 1.97 bits per heavy atom. The average Bonchev–Trinajstić information content (AvgIpc) is 3.43. The van der Waals surface area contributed by atoms with Gasteiger partial charge in [0.05, 0.1) is 11.5 Å². The molecule has 8 nitrogen and oxygen atoms in total. The SMILES string of the molecule is CC(C)(CCCCCN1CC(=O)NC1=O)NS(=O)(=O)c1ccc(F)c(OCC2CC2)c1. The van der Waals surface area contributed by atoms with Crippen molar-refractivity contribution in [3.63, 3.8) is 0 Å². The minimum absolute atomic E-state index is 0.0301. The maximum absolute atomic E-state index is 14.0. The topological polar surface area (TPSA) is 105 Å². The number of hydrogen-bond donors (Lipinski definition) is 2. The first-order chi connectivity index (χ1) is 14.6. The number of imide groups is 1. The Balaban J connectivity index is 1.48. The molecule has 2 N–H and O–H groups in total. The van der Waals surface area contributed by atoms with E-state index in [2.05, 4.69) is 10.0 Å². The number of amides is 3. The van der Waals surface area contributed by atoms with Gasteiger partial charge in [0.1, 0.15) is 6.54 Å². The number of urea groups is 1. The zero-order valence-electron chi connectivity index (χ0n) is 17.9. The Hall–Kier alpha value is -2.20. The number of hydrogen-bond acceptors (Lipinski definition) is 5. The molecule has 172 valence electrons. The largest absolute Gasteiger partial charge is 0.490 e. The van der Waals surface area contributed by atoms with E-state index >= 15 is 0 Å². The van der Waals surface area contributed by atoms with Gasteiger partial charge < -0.3 is 9.64 Å². The number of carbonyl (C=O) groups is 2. The minimum atomic E-state index is -3.84. The van der Waals surface area contributed by atoms with Crippen molar-refractivity contribution in [2.45, 2.75) is 62.8 Å². The van der Waals surface area contributed by atoms with E-state index in [1.165, 1.54) is 17.0 Å². The minimum Gasteiger partial charge on any atom is -0.490 e. The first-order valence-electron chi connectivity index (χ1n) is 10.6. The zero-order chi connectivity index (χ0) is 22.6. The highest BCUT2D eigenvalue weighted by Crippen LogP contribution is 2.31. The second-order valence-corrected chi connectivity index (χ2v) is 10.6. The van der Waals surface area contributed by atoms with Gasteiger partial charge >= 0.3 is 6.03 Å². The molecule has 1 heterocycles. The first kappa shape index (κ1) is 23.5. The maximum Gasteiger partial charge on any atom is 0.324 e. The third-order valence-corrected chi connectivity index (χ3v) is 7.09. The van der Waals surface area contributed by atoms with Crippen molar-refractivity contribution in [2.24, 2.45) is 5.92 Å². The summed E-state index contributed by atoms with van der Waals surface area (Å²) in [5.41, 5.74) is -0.705. The van der Waals surface area contributed by atoms with Crippen molar-refractivity contribution in [3.8, 4) is 5.75 Å². The number of unbranched alkanes of at least 4 members (excludes halogenated alkanes) is 2. The van der Waals surface area contributed by atoms with Crippen LogP contribution in [0.1, 0.15) is 52.4 Å². The zero-order valence-corrected chi connectivity index (χ0v) is 18.8. The highest BCUT2D eigenvalue weighted by Gasteiger charge is 2.28. The molecule has 0 atom stereocenters. The van der Waals surface area contributed by atoms with Crippen LogP contribution in [-0.2, 0) is 14.8 Å². The van der Waals surface area contributed by atoms with Gasteiger partial charge in [0.25, 0.3) is 0 Å². The summed E-state index contributed by atoms with van der Waals surface area (Å²) >= 11 is 0. The number of halogens is 1. The Labute approximate surface area is 182 Å². The van der Waals surface area contributed by atoms with E-state index in [0.717, 1.165) is 38.2 Å². The normalized spacial score (nSPS) is 17.2. The van der Waals surface area contributed by atoms with Crippen LogP contribution >= 0.6 is 0 Å².